The number of aliphatic carboxylic acids is 1. The van der Waals surface area contributed by atoms with Gasteiger partial charge in [0.1, 0.15) is 11.6 Å². The number of rotatable bonds is 7. The van der Waals surface area contributed by atoms with Gasteiger partial charge in [-0.15, -0.1) is 24.8 Å². The number of carboxylic acid groups (broad SMARTS) is 1. The van der Waals surface area contributed by atoms with E-state index in [9.17, 15) is 39.0 Å². The van der Waals surface area contributed by atoms with Crippen molar-refractivity contribution >= 4 is 81.2 Å². The smallest absolute Gasteiger partial charge is 0.377 e. The summed E-state index contributed by atoms with van der Waals surface area (Å²) in [4.78, 5) is 76.9. The first kappa shape index (κ1) is 124. The van der Waals surface area contributed by atoms with E-state index in [-0.39, 0.29) is 289 Å². The van der Waals surface area contributed by atoms with Gasteiger partial charge >= 0.3 is 21.2 Å². The molecule has 0 aromatic carbocycles. The molecule has 3 amide bonds. The molecule has 0 aromatic heterocycles. The second-order valence-corrected chi connectivity index (χ2v) is 24.8. The monoisotopic (exact) mass is 1720 g/mol. The molecule has 8 heterocycles. The third kappa shape index (κ3) is 53.2. The molecule has 0 bridgehead atoms. The van der Waals surface area contributed by atoms with Gasteiger partial charge in [0, 0.05) is 205 Å². The van der Waals surface area contributed by atoms with E-state index in [1.54, 1.807) is 28.4 Å². The molecule has 11 N–H and O–H groups in total. The summed E-state index contributed by atoms with van der Waals surface area (Å²) in [6.45, 7) is 49.9. The van der Waals surface area contributed by atoms with Gasteiger partial charge in [-0.05, 0) is 169 Å². The second kappa shape index (κ2) is 67.3. The molecular formula is C63H131B3Cl2N12O13Y4-8. The summed E-state index contributed by atoms with van der Waals surface area (Å²) in [5.74, 6) is 0.738. The number of carboxylic acids is 1. The van der Waals surface area contributed by atoms with Crippen LogP contribution in [0, 0.1) is 75.2 Å². The Hall–Kier alpha value is 0.720. The average molecular weight is 1720 g/mol. The average Bonchev–Trinajstić information content (AvgIpc) is 1.79. The normalized spacial score (nSPS) is 27.9. The number of halogens is 2. The van der Waals surface area contributed by atoms with Gasteiger partial charge in [-0.3, -0.25) is 21.3 Å². The fourth-order valence-corrected chi connectivity index (χ4v) is 12.0. The molecule has 97 heavy (non-hydrogen) atoms. The van der Waals surface area contributed by atoms with Gasteiger partial charge in [-0.2, -0.15) is 0 Å². The van der Waals surface area contributed by atoms with Crippen molar-refractivity contribution in [3.8, 4) is 0 Å². The van der Waals surface area contributed by atoms with Gasteiger partial charge in [0.05, 0.1) is 54.2 Å². The fraction of sp³-hybridized carbons (Fsp3) is 0.778. The number of amides is 3. The van der Waals surface area contributed by atoms with E-state index in [4.69, 9.17) is 36.5 Å². The SMILES string of the molecule is CB(O)N1C[C@H](C)C[C@H]1C.CB(O)N1C[C@H](C)C[C@H]1C(C)=O.CC.CC(=O)[C@@H]1C[C@@H](O)CN1.CC[C@@H]1C[C@@H](C)CN1B(C)O.C[C@@H]1C[C@@H](O)CN1.Cl.Cl.[CH2-]C(=O)N1C[C@@H](N)C[C@H]1C.[CH2-]C(=O)N1C[C@@H](N=[N+]=[N-])C[C@H]1C.[CH2-]C(=O)N1C[C@H](O)C[C@H]1C.[CH2-]C(=O)O.[CH3-].[CH3-].[CH3-].[CH3-].[Y].[Y].[Y].[Y]. The number of ketones is 2. The molecule has 0 aliphatic carbocycles. The number of azide groups is 1. The number of β-amino-alcohol motifs (C(OH)–C–C–N with tert-alkyl or cyclic N) is 3. The van der Waals surface area contributed by atoms with Crippen LogP contribution in [0.15, 0.2) is 5.11 Å². The van der Waals surface area contributed by atoms with Crippen LogP contribution in [0.5, 0.6) is 0 Å². The fourth-order valence-electron chi connectivity index (χ4n) is 12.0. The van der Waals surface area contributed by atoms with E-state index in [1.165, 1.54) is 19.8 Å². The largest absolute Gasteiger partial charge is 0.503 e. The Morgan fingerprint density at radius 3 is 1.14 bits per heavy atom. The number of carbonyl (C=O) groups is 6. The van der Waals surface area contributed by atoms with Crippen LogP contribution in [-0.2, 0) is 160 Å². The van der Waals surface area contributed by atoms with Crippen molar-refractivity contribution in [2.45, 2.75) is 247 Å². The van der Waals surface area contributed by atoms with Gasteiger partial charge in [0.15, 0.2) is 5.97 Å². The molecule has 16 atom stereocenters. The molecule has 34 heteroatoms. The van der Waals surface area contributed by atoms with Gasteiger partial charge in [-0.25, -0.2) is 0 Å². The molecule has 8 fully saturated rings. The van der Waals surface area contributed by atoms with Crippen LogP contribution in [0.3, 0.4) is 0 Å². The van der Waals surface area contributed by atoms with Crippen molar-refractivity contribution in [3.05, 3.63) is 67.8 Å². The Bertz CT molecular complexity index is 2030. The minimum Gasteiger partial charge on any atom is -0.503 e. The number of Topliss-reactive ketones (excluding diaryl/α,β-unsaturated/α-hetero) is 2. The zero-order valence-electron chi connectivity index (χ0n) is 63.1. The van der Waals surface area contributed by atoms with Crippen LogP contribution in [0.25, 0.3) is 10.4 Å². The van der Waals surface area contributed by atoms with Crippen molar-refractivity contribution < 1.29 is 195 Å². The quantitative estimate of drug-likeness (QED) is 0.0478. The summed E-state index contributed by atoms with van der Waals surface area (Å²) in [5.41, 5.74) is 13.8. The Morgan fingerprint density at radius 2 is 0.918 bits per heavy atom. The number of aliphatic hydroxyl groups is 3. The molecule has 4 radical (unpaired) electrons. The number of nitrogens with zero attached hydrogens (tertiary/aromatic N) is 9. The topological polar surface area (TPSA) is 362 Å². The van der Waals surface area contributed by atoms with E-state index in [1.807, 2.05) is 53.1 Å². The molecule has 564 valence electrons. The number of hydrogen-bond acceptors (Lipinski definition) is 19. The summed E-state index contributed by atoms with van der Waals surface area (Å²) in [7, 11) is -1.02. The molecular weight excluding hydrogens is 1590 g/mol. The van der Waals surface area contributed by atoms with Gasteiger partial charge in [-0.1, -0.05) is 53.6 Å². The zero-order chi connectivity index (χ0) is 67.7. The maximum atomic E-state index is 11.2. The summed E-state index contributed by atoms with van der Waals surface area (Å²) in [5, 5.41) is 71.8. The van der Waals surface area contributed by atoms with E-state index in [0.717, 1.165) is 70.1 Å². The van der Waals surface area contributed by atoms with Crippen LogP contribution in [-0.4, -0.2) is 252 Å². The summed E-state index contributed by atoms with van der Waals surface area (Å²) in [6, 6.07) is 2.21. The number of carbonyl (C=O) groups excluding carboxylic acids is 5. The molecule has 25 nitrogen and oxygen atoms in total. The molecule has 8 aliphatic rings. The van der Waals surface area contributed by atoms with E-state index in [2.05, 4.69) is 99.5 Å². The number of nitrogens with two attached hydrogens (primary N) is 1. The van der Waals surface area contributed by atoms with Crippen molar-refractivity contribution in [1.29, 1.82) is 0 Å². The number of nitrogens with one attached hydrogen (secondary N) is 2. The van der Waals surface area contributed by atoms with Gasteiger partial charge in [0.25, 0.3) is 0 Å². The predicted molar refractivity (Wildman–Crippen MR) is 387 cm³/mol. The molecule has 0 aromatic rings. The van der Waals surface area contributed by atoms with Crippen LogP contribution < -0.4 is 16.4 Å². The molecule has 0 unspecified atom stereocenters. The van der Waals surface area contributed by atoms with Crippen molar-refractivity contribution in [3.63, 3.8) is 0 Å². The van der Waals surface area contributed by atoms with Crippen molar-refractivity contribution in [2.24, 2.45) is 28.6 Å². The van der Waals surface area contributed by atoms with Crippen LogP contribution in [0.1, 0.15) is 148 Å². The Morgan fingerprint density at radius 1 is 0.536 bits per heavy atom. The third-order valence-corrected chi connectivity index (χ3v) is 16.2. The first-order valence-corrected chi connectivity index (χ1v) is 31.4. The van der Waals surface area contributed by atoms with Crippen LogP contribution in [0.2, 0.25) is 20.5 Å². The first-order valence-electron chi connectivity index (χ1n) is 31.4. The molecule has 8 saturated heterocycles. The van der Waals surface area contributed by atoms with Gasteiger partial charge in [0.2, 0.25) is 0 Å². The zero-order valence-corrected chi connectivity index (χ0v) is 76.1. The first-order chi connectivity index (χ1) is 40.4. The molecule has 0 spiro atoms. The predicted octanol–water partition coefficient (Wildman–Crippen LogP) is 5.72. The molecule has 8 aliphatic heterocycles. The van der Waals surface area contributed by atoms with Crippen LogP contribution in [0.4, 0.5) is 0 Å². The molecule has 0 saturated carbocycles. The standard InChI is InChI=1S/C8H16BNO2.C8H18BNO.C7H16BNO.C7H11N4O.C7H13N2O.C7H12NO2.C6H11NO2.C5H11NO.C2H3O2.C2H6.4CH3.2ClH.4Y/c1-6-4-8(7(2)11)10(5-6)9(3)12;1-4-8-5-7(2)6-10(8)9(3)11;1-6-4-7(2)9(5-6)8(3)10;1-5-3-7(9-10-8)4-11(5)6(2)12;1-5-3-7(8)4-9(5)6(2)10;1-5-3-7(10)4-8(5)6(2)9;1-4(8)6-2-5(9)3-7-6;1-4-2-5(7)3-6-4;1-2(3)4;1-2;;;;;;;;;;/h6,8,12H,4-5H2,1-3H3;7-8,11H,4-6H2,1-3H3;6-7,10H,4-5H2,1-3H3;5,7H,2-4H2,1H3;5,7H,2-4,8H2,1H3;5,7,10H,2-4H2,1H3;5-7,9H,2-3H2,1H3;4-7H,2-3H2,1H3;1H2,(H,3,4);1-2H3;4*1H3;2*1H;;;;/q;;;3*-1;;;-1;;4*-1;;;;;;/t6-,8+;7-,8-;6-,7-;2*5-,7+;5-,7-;5-,6+;4-,5-;;;;;;;;;;;;/m11111111............/s1. The number of aliphatic hydroxyl groups excluding tert-OH is 3. The summed E-state index contributed by atoms with van der Waals surface area (Å²) < 4.78 is 0. The number of likely N-dealkylation sites (tertiary alicyclic amines) is 3. The van der Waals surface area contributed by atoms with E-state index >= 15 is 0 Å². The second-order valence-electron chi connectivity index (χ2n) is 24.8. The summed E-state index contributed by atoms with van der Waals surface area (Å²) in [6.07, 6.45) is 7.60. The third-order valence-electron chi connectivity index (χ3n) is 16.2. The van der Waals surface area contributed by atoms with Crippen molar-refractivity contribution in [1.82, 2.24) is 39.8 Å². The van der Waals surface area contributed by atoms with Crippen molar-refractivity contribution in [2.75, 3.05) is 52.4 Å². The molecule has 8 rings (SSSR count). The Labute approximate surface area is 704 Å². The summed E-state index contributed by atoms with van der Waals surface area (Å²) >= 11 is 0. The van der Waals surface area contributed by atoms with E-state index in [0.29, 0.717) is 63.1 Å². The Kier molecular flexibility index (Phi) is 86.4. The minimum absolute atomic E-state index is 0. The van der Waals surface area contributed by atoms with Gasteiger partial charge < -0.3 is 146 Å². The van der Waals surface area contributed by atoms with E-state index < -0.39 is 13.0 Å². The number of hydrogen-bond donors (Lipinski definition) is 10. The maximum absolute atomic E-state index is 11.2. The maximum Gasteiger partial charge on any atom is 0.377 e. The Balaban J connectivity index is -0.0000000831. The minimum atomic E-state index is -1.08. The van der Waals surface area contributed by atoms with Crippen LogP contribution >= 0.6 is 24.8 Å².